The number of halogens is 2. The fourth-order valence-electron chi connectivity index (χ4n) is 2.82. The van der Waals surface area contributed by atoms with Gasteiger partial charge < -0.3 is 25.0 Å². The number of nitrogens with one attached hydrogen (secondary N) is 2. The molecule has 0 atom stereocenters. The van der Waals surface area contributed by atoms with E-state index in [0.29, 0.717) is 42.6 Å². The van der Waals surface area contributed by atoms with Crippen LogP contribution in [-0.4, -0.2) is 48.9 Å². The zero-order valence-corrected chi connectivity index (χ0v) is 20.7. The van der Waals surface area contributed by atoms with E-state index >= 15 is 0 Å². The first-order chi connectivity index (χ1) is 15.6. The lowest BCUT2D eigenvalue weighted by molar-refractivity contribution is 0.0525. The highest BCUT2D eigenvalue weighted by Crippen LogP contribution is 2.24. The number of rotatable bonds is 10. The summed E-state index contributed by atoms with van der Waals surface area (Å²) >= 11 is 12.0. The Bertz CT molecular complexity index is 904. The zero-order valence-electron chi connectivity index (χ0n) is 19.2. The molecule has 2 amide bonds. The van der Waals surface area contributed by atoms with Gasteiger partial charge in [0.25, 0.3) is 0 Å². The van der Waals surface area contributed by atoms with Crippen LogP contribution in [-0.2, 0) is 16.1 Å². The number of nitrogens with zero attached hydrogens (tertiary/aromatic N) is 1. The topological polar surface area (TPSA) is 79.9 Å². The van der Waals surface area contributed by atoms with Gasteiger partial charge in [0.2, 0.25) is 0 Å². The van der Waals surface area contributed by atoms with E-state index < -0.39 is 17.8 Å². The van der Waals surface area contributed by atoms with Gasteiger partial charge in [-0.2, -0.15) is 0 Å². The summed E-state index contributed by atoms with van der Waals surface area (Å²) in [6.45, 7) is 7.27. The summed E-state index contributed by atoms with van der Waals surface area (Å²) in [6.07, 6.45) is -0.360. The highest BCUT2D eigenvalue weighted by Gasteiger charge is 2.17. The maximum absolute atomic E-state index is 12.7. The smallest absolute Gasteiger partial charge is 0.410 e. The Morgan fingerprint density at radius 1 is 0.970 bits per heavy atom. The van der Waals surface area contributed by atoms with E-state index in [-0.39, 0.29) is 6.61 Å². The molecule has 0 aliphatic heterocycles. The number of hydrogen-bond acceptors (Lipinski definition) is 5. The molecule has 0 aliphatic rings. The Hall–Kier alpha value is -2.64. The predicted octanol–water partition coefficient (Wildman–Crippen LogP) is 5.96. The average Bonchev–Trinajstić information content (AvgIpc) is 2.75. The van der Waals surface area contributed by atoms with Gasteiger partial charge in [0.15, 0.2) is 0 Å². The van der Waals surface area contributed by atoms with Crippen molar-refractivity contribution < 1.29 is 19.1 Å². The summed E-state index contributed by atoms with van der Waals surface area (Å²) in [6, 6.07) is 14.7. The molecule has 0 bridgehead atoms. The Labute approximate surface area is 205 Å². The van der Waals surface area contributed by atoms with E-state index in [4.69, 9.17) is 32.7 Å². The Balaban J connectivity index is 1.86. The van der Waals surface area contributed by atoms with Crippen molar-refractivity contribution in [3.63, 3.8) is 0 Å². The molecule has 0 radical (unpaired) electrons. The maximum atomic E-state index is 12.7. The summed E-state index contributed by atoms with van der Waals surface area (Å²) in [5.74, 6) is 0. The molecule has 0 aliphatic carbocycles. The minimum absolute atomic E-state index is 0.187. The van der Waals surface area contributed by atoms with Gasteiger partial charge in [-0.1, -0.05) is 53.5 Å². The molecule has 180 valence electrons. The normalized spacial score (nSPS) is 10.9. The molecule has 7 nitrogen and oxygen atoms in total. The fraction of sp³-hybridized carbons (Fsp3) is 0.417. The van der Waals surface area contributed by atoms with Crippen LogP contribution in [0.15, 0.2) is 48.5 Å². The van der Waals surface area contributed by atoms with Crippen LogP contribution < -0.4 is 10.6 Å². The monoisotopic (exact) mass is 495 g/mol. The van der Waals surface area contributed by atoms with E-state index in [1.807, 2.05) is 36.4 Å². The molecule has 0 aromatic heterocycles. The highest BCUT2D eigenvalue weighted by atomic mass is 35.5. The lowest BCUT2D eigenvalue weighted by Gasteiger charge is -2.23. The number of amides is 2. The van der Waals surface area contributed by atoms with Crippen molar-refractivity contribution in [1.29, 1.82) is 0 Å². The van der Waals surface area contributed by atoms with Gasteiger partial charge in [0.05, 0.1) is 10.0 Å². The second-order valence-electron chi connectivity index (χ2n) is 8.37. The first-order valence-corrected chi connectivity index (χ1v) is 11.5. The lowest BCUT2D eigenvalue weighted by Crippen LogP contribution is -2.38. The van der Waals surface area contributed by atoms with Crippen LogP contribution in [0.25, 0.3) is 0 Å². The summed E-state index contributed by atoms with van der Waals surface area (Å²) in [5, 5.41) is 6.86. The van der Waals surface area contributed by atoms with Gasteiger partial charge in [-0.15, -0.1) is 0 Å². The molecule has 33 heavy (non-hydrogen) atoms. The van der Waals surface area contributed by atoms with Crippen molar-refractivity contribution in [2.45, 2.75) is 39.4 Å². The number of ether oxygens (including phenoxy) is 2. The molecule has 0 unspecified atom stereocenters. The quantitative estimate of drug-likeness (QED) is 0.397. The third-order valence-corrected chi connectivity index (χ3v) is 5.11. The Morgan fingerprint density at radius 3 is 2.36 bits per heavy atom. The number of anilines is 1. The van der Waals surface area contributed by atoms with Crippen molar-refractivity contribution in [1.82, 2.24) is 10.2 Å². The van der Waals surface area contributed by atoms with Gasteiger partial charge >= 0.3 is 12.2 Å². The standard InChI is InChI=1S/C24H31Cl2N3O4/c1-24(2,3)33-22(30)28-12-7-14-29(23(31)32-17-18-8-5-4-6-9-18)15-13-27-19-10-11-20(25)21(26)16-19/h4-6,8-11,16,27H,7,12-15,17H2,1-3H3,(H,28,30). The molecule has 0 saturated heterocycles. The van der Waals surface area contributed by atoms with Crippen LogP contribution in [0.5, 0.6) is 0 Å². The molecule has 2 aromatic rings. The van der Waals surface area contributed by atoms with Gasteiger partial charge in [0, 0.05) is 31.9 Å². The number of carbonyl (C=O) groups is 2. The van der Waals surface area contributed by atoms with Gasteiger partial charge in [0.1, 0.15) is 12.2 Å². The first kappa shape index (κ1) is 26.6. The molecule has 0 heterocycles. The number of carbonyl (C=O) groups excluding carboxylic acids is 2. The van der Waals surface area contributed by atoms with E-state index in [2.05, 4.69) is 10.6 Å². The van der Waals surface area contributed by atoms with Crippen LogP contribution >= 0.6 is 23.2 Å². The van der Waals surface area contributed by atoms with Crippen molar-refractivity contribution in [2.24, 2.45) is 0 Å². The Kier molecular flexibility index (Phi) is 10.6. The van der Waals surface area contributed by atoms with E-state index in [0.717, 1.165) is 11.3 Å². The third-order valence-electron chi connectivity index (χ3n) is 4.37. The minimum atomic E-state index is -0.562. The summed E-state index contributed by atoms with van der Waals surface area (Å²) in [4.78, 5) is 26.1. The molecule has 0 saturated carbocycles. The van der Waals surface area contributed by atoms with Crippen LogP contribution in [0.2, 0.25) is 10.0 Å². The predicted molar refractivity (Wildman–Crippen MR) is 132 cm³/mol. The second-order valence-corrected chi connectivity index (χ2v) is 9.18. The first-order valence-electron chi connectivity index (χ1n) is 10.8. The molecule has 0 fully saturated rings. The number of alkyl carbamates (subject to hydrolysis) is 1. The van der Waals surface area contributed by atoms with E-state index in [9.17, 15) is 9.59 Å². The molecule has 2 rings (SSSR count). The van der Waals surface area contributed by atoms with Gasteiger partial charge in [-0.25, -0.2) is 9.59 Å². The largest absolute Gasteiger partial charge is 0.445 e. The summed E-state index contributed by atoms with van der Waals surface area (Å²) < 4.78 is 10.7. The van der Waals surface area contributed by atoms with Crippen molar-refractivity contribution in [3.05, 3.63) is 64.1 Å². The molecule has 9 heteroatoms. The fourth-order valence-corrected chi connectivity index (χ4v) is 3.12. The zero-order chi connectivity index (χ0) is 24.3. The lowest BCUT2D eigenvalue weighted by atomic mass is 10.2. The van der Waals surface area contributed by atoms with E-state index in [1.54, 1.807) is 37.8 Å². The molecule has 0 spiro atoms. The van der Waals surface area contributed by atoms with Gasteiger partial charge in [-0.05, 0) is 51.0 Å². The van der Waals surface area contributed by atoms with Crippen molar-refractivity contribution in [3.8, 4) is 0 Å². The maximum Gasteiger partial charge on any atom is 0.410 e. The van der Waals surface area contributed by atoms with Crippen molar-refractivity contribution >= 4 is 41.1 Å². The summed E-state index contributed by atoms with van der Waals surface area (Å²) in [7, 11) is 0. The van der Waals surface area contributed by atoms with E-state index in [1.165, 1.54) is 0 Å². The molecular formula is C24H31Cl2N3O4. The SMILES string of the molecule is CC(C)(C)OC(=O)NCCCN(CCNc1ccc(Cl)c(Cl)c1)C(=O)OCc1ccccc1. The second kappa shape index (κ2) is 13.2. The number of benzene rings is 2. The van der Waals surface area contributed by atoms with Crippen LogP contribution in [0.1, 0.15) is 32.8 Å². The Morgan fingerprint density at radius 2 is 1.70 bits per heavy atom. The molecule has 2 aromatic carbocycles. The van der Waals surface area contributed by atoms with Crippen LogP contribution in [0.4, 0.5) is 15.3 Å². The average molecular weight is 496 g/mol. The summed E-state index contributed by atoms with van der Waals surface area (Å²) in [5.41, 5.74) is 1.15. The highest BCUT2D eigenvalue weighted by molar-refractivity contribution is 6.42. The van der Waals surface area contributed by atoms with Crippen molar-refractivity contribution in [2.75, 3.05) is 31.5 Å². The third kappa shape index (κ3) is 10.7. The molecule has 2 N–H and O–H groups in total. The van der Waals surface area contributed by atoms with Crippen LogP contribution in [0, 0.1) is 0 Å². The van der Waals surface area contributed by atoms with Crippen LogP contribution in [0.3, 0.4) is 0 Å². The number of hydrogen-bond donors (Lipinski definition) is 2. The molecular weight excluding hydrogens is 465 g/mol. The van der Waals surface area contributed by atoms with Gasteiger partial charge in [-0.3, -0.25) is 0 Å². The minimum Gasteiger partial charge on any atom is -0.445 e.